The van der Waals surface area contributed by atoms with Crippen molar-refractivity contribution in [1.29, 1.82) is 0 Å². The van der Waals surface area contributed by atoms with Gasteiger partial charge in [0.15, 0.2) is 0 Å². The van der Waals surface area contributed by atoms with E-state index in [0.717, 1.165) is 28.0 Å². The Labute approximate surface area is 184 Å². The summed E-state index contributed by atoms with van der Waals surface area (Å²) in [6, 6.07) is 10.5. The number of halogens is 2. The van der Waals surface area contributed by atoms with Gasteiger partial charge in [-0.1, -0.05) is 11.6 Å². The lowest BCUT2D eigenvalue weighted by atomic mass is 10.0. The third kappa shape index (κ3) is 3.86. The van der Waals surface area contributed by atoms with Gasteiger partial charge in [0, 0.05) is 59.6 Å². The van der Waals surface area contributed by atoms with E-state index in [9.17, 15) is 4.39 Å². The third-order valence-corrected chi connectivity index (χ3v) is 5.72. The molecule has 3 aromatic heterocycles. The van der Waals surface area contributed by atoms with Gasteiger partial charge in [0.05, 0.1) is 24.0 Å². The van der Waals surface area contributed by atoms with Crippen LogP contribution in [0.15, 0.2) is 48.8 Å². The minimum atomic E-state index is -0.408. The molecule has 8 heteroatoms. The van der Waals surface area contributed by atoms with E-state index in [4.69, 9.17) is 21.3 Å². The number of morpholine rings is 1. The number of aryl methyl sites for hydroxylation is 2. The van der Waals surface area contributed by atoms with Crippen LogP contribution in [0.3, 0.4) is 0 Å². The molecular formula is C23H21ClFN5O. The Balaban J connectivity index is 1.60. The molecule has 1 aliphatic heterocycles. The number of nitrogens with zero attached hydrogens (tertiary/aromatic N) is 5. The highest BCUT2D eigenvalue weighted by molar-refractivity contribution is 6.30. The standard InChI is InChI=1S/C23H21ClFN5O/c1-14-3-5-18-20(27-14)10-22(28-23(18)17-6-4-16(24)9-19(17)25)30-7-8-31-21(13-30)15-11-26-29(2)12-15/h3-6,9-12,21H,7-8,13H2,1-2H3/t21-/m1/s1. The first-order valence-corrected chi connectivity index (χ1v) is 10.4. The van der Waals surface area contributed by atoms with Crippen molar-refractivity contribution >= 4 is 28.3 Å². The second-order valence-electron chi connectivity index (χ2n) is 7.73. The van der Waals surface area contributed by atoms with Crippen molar-refractivity contribution in [3.63, 3.8) is 0 Å². The molecule has 0 saturated carbocycles. The van der Waals surface area contributed by atoms with Gasteiger partial charge in [-0.05, 0) is 37.3 Å². The summed E-state index contributed by atoms with van der Waals surface area (Å²) in [4.78, 5) is 11.7. The molecule has 1 atom stereocenters. The smallest absolute Gasteiger partial charge is 0.134 e. The second kappa shape index (κ2) is 7.90. The number of aromatic nitrogens is 4. The number of benzene rings is 1. The number of ether oxygens (including phenoxy) is 1. The molecule has 0 bridgehead atoms. The average molecular weight is 438 g/mol. The summed E-state index contributed by atoms with van der Waals surface area (Å²) in [6.07, 6.45) is 3.67. The normalized spacial score (nSPS) is 16.8. The van der Waals surface area contributed by atoms with Crippen LogP contribution in [-0.4, -0.2) is 39.4 Å². The molecule has 158 valence electrons. The van der Waals surface area contributed by atoms with Crippen LogP contribution >= 0.6 is 11.6 Å². The Morgan fingerprint density at radius 3 is 2.81 bits per heavy atom. The summed E-state index contributed by atoms with van der Waals surface area (Å²) in [5, 5.41) is 5.40. The fraction of sp³-hybridized carbons (Fsp3) is 0.261. The minimum Gasteiger partial charge on any atom is -0.370 e. The Morgan fingerprint density at radius 1 is 1.16 bits per heavy atom. The topological polar surface area (TPSA) is 56.1 Å². The van der Waals surface area contributed by atoms with E-state index in [1.807, 2.05) is 44.6 Å². The van der Waals surface area contributed by atoms with Crippen LogP contribution in [0.1, 0.15) is 17.4 Å². The SMILES string of the molecule is Cc1ccc2c(-c3ccc(Cl)cc3F)nc(N3CCO[C@@H](c4cnn(C)c4)C3)cc2n1. The lowest BCUT2D eigenvalue weighted by Gasteiger charge is -2.33. The van der Waals surface area contributed by atoms with Crippen LogP contribution in [0.2, 0.25) is 5.02 Å². The van der Waals surface area contributed by atoms with Crippen LogP contribution in [0.5, 0.6) is 0 Å². The molecule has 0 aliphatic carbocycles. The number of anilines is 1. The van der Waals surface area contributed by atoms with Crippen molar-refractivity contribution in [2.45, 2.75) is 13.0 Å². The minimum absolute atomic E-state index is 0.110. The van der Waals surface area contributed by atoms with E-state index in [1.54, 1.807) is 16.8 Å². The highest BCUT2D eigenvalue weighted by Crippen LogP contribution is 2.34. The lowest BCUT2D eigenvalue weighted by Crippen LogP contribution is -2.38. The summed E-state index contributed by atoms with van der Waals surface area (Å²) in [7, 11) is 1.88. The first-order chi connectivity index (χ1) is 15.0. The molecule has 1 aliphatic rings. The first kappa shape index (κ1) is 19.9. The quantitative estimate of drug-likeness (QED) is 0.464. The summed E-state index contributed by atoms with van der Waals surface area (Å²) >= 11 is 5.97. The molecule has 1 fully saturated rings. The molecule has 0 spiro atoms. The maximum Gasteiger partial charge on any atom is 0.134 e. The van der Waals surface area contributed by atoms with Crippen molar-refractivity contribution < 1.29 is 9.13 Å². The zero-order chi connectivity index (χ0) is 21.5. The molecule has 0 unspecified atom stereocenters. The lowest BCUT2D eigenvalue weighted by molar-refractivity contribution is 0.0395. The number of hydrogen-bond acceptors (Lipinski definition) is 5. The van der Waals surface area contributed by atoms with E-state index < -0.39 is 5.82 Å². The van der Waals surface area contributed by atoms with Crippen LogP contribution < -0.4 is 4.90 Å². The van der Waals surface area contributed by atoms with E-state index in [-0.39, 0.29) is 6.10 Å². The largest absolute Gasteiger partial charge is 0.370 e. The highest BCUT2D eigenvalue weighted by Gasteiger charge is 2.25. The van der Waals surface area contributed by atoms with Gasteiger partial charge in [0.1, 0.15) is 17.7 Å². The van der Waals surface area contributed by atoms with Gasteiger partial charge in [-0.15, -0.1) is 0 Å². The Bertz CT molecular complexity index is 1270. The molecule has 0 N–H and O–H groups in total. The van der Waals surface area contributed by atoms with Crippen molar-refractivity contribution in [2.75, 3.05) is 24.6 Å². The van der Waals surface area contributed by atoms with Crippen LogP contribution in [-0.2, 0) is 11.8 Å². The van der Waals surface area contributed by atoms with Crippen molar-refractivity contribution in [3.8, 4) is 11.3 Å². The van der Waals surface area contributed by atoms with Crippen molar-refractivity contribution in [3.05, 3.63) is 70.9 Å². The van der Waals surface area contributed by atoms with E-state index >= 15 is 0 Å². The fourth-order valence-corrected chi connectivity index (χ4v) is 4.09. The van der Waals surface area contributed by atoms with Gasteiger partial charge in [-0.3, -0.25) is 9.67 Å². The summed E-state index contributed by atoms with van der Waals surface area (Å²) in [6.45, 7) is 3.81. The predicted octanol–water partition coefficient (Wildman–Crippen LogP) is 4.71. The first-order valence-electron chi connectivity index (χ1n) is 10.1. The Kier molecular flexibility index (Phi) is 5.08. The molecule has 5 rings (SSSR count). The zero-order valence-electron chi connectivity index (χ0n) is 17.2. The van der Waals surface area contributed by atoms with Crippen LogP contribution in [0, 0.1) is 12.7 Å². The number of fused-ring (bicyclic) bond motifs is 1. The van der Waals surface area contributed by atoms with Gasteiger partial charge >= 0.3 is 0 Å². The Hall–Kier alpha value is -3.03. The van der Waals surface area contributed by atoms with Gasteiger partial charge < -0.3 is 9.64 Å². The van der Waals surface area contributed by atoms with Crippen LogP contribution in [0.25, 0.3) is 22.2 Å². The van der Waals surface area contributed by atoms with E-state index in [0.29, 0.717) is 36.0 Å². The van der Waals surface area contributed by atoms with E-state index in [1.165, 1.54) is 6.07 Å². The summed E-state index contributed by atoms with van der Waals surface area (Å²) in [5.41, 5.74) is 3.64. The van der Waals surface area contributed by atoms with Crippen molar-refractivity contribution in [2.24, 2.45) is 7.05 Å². The number of hydrogen-bond donors (Lipinski definition) is 0. The molecule has 0 radical (unpaired) electrons. The third-order valence-electron chi connectivity index (χ3n) is 5.48. The summed E-state index contributed by atoms with van der Waals surface area (Å²) < 4.78 is 22.5. The molecule has 1 saturated heterocycles. The monoisotopic (exact) mass is 437 g/mol. The molecular weight excluding hydrogens is 417 g/mol. The molecule has 6 nitrogen and oxygen atoms in total. The van der Waals surface area contributed by atoms with Gasteiger partial charge in [-0.25, -0.2) is 9.37 Å². The molecule has 1 aromatic carbocycles. The second-order valence-corrected chi connectivity index (χ2v) is 8.16. The maximum absolute atomic E-state index is 14.8. The maximum atomic E-state index is 14.8. The van der Waals surface area contributed by atoms with Gasteiger partial charge in [0.25, 0.3) is 0 Å². The van der Waals surface area contributed by atoms with E-state index in [2.05, 4.69) is 15.0 Å². The van der Waals surface area contributed by atoms with Gasteiger partial charge in [0.2, 0.25) is 0 Å². The predicted molar refractivity (Wildman–Crippen MR) is 119 cm³/mol. The zero-order valence-corrected chi connectivity index (χ0v) is 18.0. The average Bonchev–Trinajstić information content (AvgIpc) is 3.19. The fourth-order valence-electron chi connectivity index (χ4n) is 3.93. The summed E-state index contributed by atoms with van der Waals surface area (Å²) in [5.74, 6) is 0.335. The Morgan fingerprint density at radius 2 is 2.03 bits per heavy atom. The molecule has 4 aromatic rings. The van der Waals surface area contributed by atoms with Crippen LogP contribution in [0.4, 0.5) is 10.2 Å². The van der Waals surface area contributed by atoms with Gasteiger partial charge in [-0.2, -0.15) is 5.10 Å². The molecule has 31 heavy (non-hydrogen) atoms. The highest BCUT2D eigenvalue weighted by atomic mass is 35.5. The van der Waals surface area contributed by atoms with Crippen molar-refractivity contribution in [1.82, 2.24) is 19.7 Å². The molecule has 0 amide bonds. The molecule has 4 heterocycles. The number of rotatable bonds is 3. The number of pyridine rings is 2.